The van der Waals surface area contributed by atoms with E-state index in [9.17, 15) is 9.59 Å². The van der Waals surface area contributed by atoms with E-state index in [4.69, 9.17) is 10.5 Å². The summed E-state index contributed by atoms with van der Waals surface area (Å²) in [6, 6.07) is 0. The molecular weight excluding hydrogens is 284 g/mol. The van der Waals surface area contributed by atoms with Gasteiger partial charge in [-0.25, -0.2) is 14.8 Å². The Morgan fingerprint density at radius 1 is 1.27 bits per heavy atom. The van der Waals surface area contributed by atoms with E-state index in [1.807, 2.05) is 0 Å². The van der Waals surface area contributed by atoms with Gasteiger partial charge in [-0.05, 0) is 32.1 Å². The molecule has 118 valence electrons. The molecule has 0 spiro atoms. The van der Waals surface area contributed by atoms with E-state index in [1.165, 1.54) is 30.8 Å². The van der Waals surface area contributed by atoms with Crippen LogP contribution < -0.4 is 11.1 Å². The smallest absolute Gasteiger partial charge is 0.361 e. The number of rotatable bonds is 6. The van der Waals surface area contributed by atoms with E-state index in [2.05, 4.69) is 21.4 Å². The molecule has 1 aliphatic carbocycles. The van der Waals surface area contributed by atoms with Gasteiger partial charge in [-0.2, -0.15) is 0 Å². The van der Waals surface area contributed by atoms with Crippen LogP contribution in [0.4, 0.5) is 5.82 Å². The van der Waals surface area contributed by atoms with E-state index in [1.54, 1.807) is 0 Å². The molecule has 1 aromatic heterocycles. The van der Waals surface area contributed by atoms with E-state index in [0.29, 0.717) is 6.54 Å². The highest BCUT2D eigenvalue weighted by Crippen LogP contribution is 2.19. The molecule has 0 aliphatic heterocycles. The van der Waals surface area contributed by atoms with Gasteiger partial charge in [0.15, 0.2) is 18.1 Å². The summed E-state index contributed by atoms with van der Waals surface area (Å²) >= 11 is 0. The lowest BCUT2D eigenvalue weighted by Crippen LogP contribution is -2.30. The zero-order chi connectivity index (χ0) is 15.8. The topological polar surface area (TPSA) is 107 Å². The number of carbonyl (C=O) groups is 2. The lowest BCUT2D eigenvalue weighted by Gasteiger charge is -2.13. The molecule has 22 heavy (non-hydrogen) atoms. The van der Waals surface area contributed by atoms with Crippen molar-refractivity contribution in [3.63, 3.8) is 0 Å². The van der Waals surface area contributed by atoms with Crippen molar-refractivity contribution in [2.75, 3.05) is 18.9 Å². The van der Waals surface area contributed by atoms with Crippen molar-refractivity contribution in [2.24, 2.45) is 0 Å². The Labute approximate surface area is 129 Å². The molecule has 1 aliphatic rings. The predicted octanol–water partition coefficient (Wildman–Crippen LogP) is 1.22. The van der Waals surface area contributed by atoms with Crippen LogP contribution in [0.3, 0.4) is 0 Å². The Hall–Kier alpha value is -2.44. The van der Waals surface area contributed by atoms with Gasteiger partial charge in [0.05, 0.1) is 0 Å². The number of hydrogen-bond donors (Lipinski definition) is 2. The highest BCUT2D eigenvalue weighted by Gasteiger charge is 2.15. The molecule has 2 rings (SSSR count). The maximum Gasteiger partial charge on any atom is 0.361 e. The van der Waals surface area contributed by atoms with Crippen LogP contribution in [-0.4, -0.2) is 35.0 Å². The average Bonchev–Trinajstić information content (AvgIpc) is 2.54. The summed E-state index contributed by atoms with van der Waals surface area (Å²) in [6.45, 7) is 0.198. The predicted molar refractivity (Wildman–Crippen MR) is 80.9 cm³/mol. The van der Waals surface area contributed by atoms with Crippen LogP contribution in [0.1, 0.15) is 42.6 Å². The molecule has 1 heterocycles. The highest BCUT2D eigenvalue weighted by molar-refractivity contribution is 5.93. The van der Waals surface area contributed by atoms with Crippen molar-refractivity contribution in [1.82, 2.24) is 15.3 Å². The first-order valence-electron chi connectivity index (χ1n) is 7.35. The molecule has 0 fully saturated rings. The normalized spacial score (nSPS) is 14.1. The molecule has 1 amide bonds. The number of allylic oxidation sites excluding steroid dienone is 1. The number of nitrogens with zero attached hydrogens (tertiary/aromatic N) is 2. The first kappa shape index (κ1) is 15.9. The van der Waals surface area contributed by atoms with Gasteiger partial charge in [0.1, 0.15) is 0 Å². The van der Waals surface area contributed by atoms with Gasteiger partial charge >= 0.3 is 5.97 Å². The summed E-state index contributed by atoms with van der Waals surface area (Å²) in [5, 5.41) is 2.73. The number of anilines is 1. The van der Waals surface area contributed by atoms with E-state index < -0.39 is 5.97 Å². The maximum atomic E-state index is 11.7. The molecule has 1 aromatic rings. The zero-order valence-corrected chi connectivity index (χ0v) is 12.4. The maximum absolute atomic E-state index is 11.7. The number of nitrogens with two attached hydrogens (primary N) is 1. The third-order valence-corrected chi connectivity index (χ3v) is 3.41. The lowest BCUT2D eigenvalue weighted by atomic mass is 9.97. The quantitative estimate of drug-likeness (QED) is 0.604. The molecule has 7 nitrogen and oxygen atoms in total. The van der Waals surface area contributed by atoms with Gasteiger partial charge in [0.2, 0.25) is 0 Å². The number of nitrogen functional groups attached to an aromatic ring is 1. The molecule has 0 saturated heterocycles. The molecule has 0 radical (unpaired) electrons. The first-order chi connectivity index (χ1) is 10.7. The molecule has 0 bridgehead atoms. The largest absolute Gasteiger partial charge is 0.451 e. The minimum absolute atomic E-state index is 0.0165. The Morgan fingerprint density at radius 3 is 2.82 bits per heavy atom. The fourth-order valence-corrected chi connectivity index (χ4v) is 2.25. The van der Waals surface area contributed by atoms with Crippen molar-refractivity contribution in [2.45, 2.75) is 32.1 Å². The van der Waals surface area contributed by atoms with Crippen molar-refractivity contribution in [1.29, 1.82) is 0 Å². The third kappa shape index (κ3) is 4.83. The van der Waals surface area contributed by atoms with Crippen LogP contribution >= 0.6 is 0 Å². The lowest BCUT2D eigenvalue weighted by molar-refractivity contribution is -0.124. The van der Waals surface area contributed by atoms with Crippen molar-refractivity contribution < 1.29 is 14.3 Å². The zero-order valence-electron chi connectivity index (χ0n) is 12.4. The summed E-state index contributed by atoms with van der Waals surface area (Å²) in [6.07, 6.45) is 10.5. The Balaban J connectivity index is 1.68. The van der Waals surface area contributed by atoms with Crippen LogP contribution in [0.15, 0.2) is 24.0 Å². The number of aromatic nitrogens is 2. The number of nitrogens with one attached hydrogen (secondary N) is 1. The Bertz CT molecular complexity index is 572. The minimum Gasteiger partial charge on any atom is -0.451 e. The van der Waals surface area contributed by atoms with Gasteiger partial charge in [-0.1, -0.05) is 11.6 Å². The number of carbonyl (C=O) groups excluding carboxylic acids is 2. The second kappa shape index (κ2) is 8.11. The van der Waals surface area contributed by atoms with Gasteiger partial charge in [0.25, 0.3) is 5.91 Å². The van der Waals surface area contributed by atoms with Crippen LogP contribution in [0.5, 0.6) is 0 Å². The number of esters is 1. The second-order valence-corrected chi connectivity index (χ2v) is 5.07. The molecule has 0 atom stereocenters. The Morgan fingerprint density at radius 2 is 2.09 bits per heavy atom. The number of ether oxygens (including phenoxy) is 1. The van der Waals surface area contributed by atoms with Gasteiger partial charge in [-0.3, -0.25) is 4.79 Å². The fraction of sp³-hybridized carbons (Fsp3) is 0.467. The standard InChI is InChI=1S/C15H20N4O3/c16-14-13(18-8-9-19-14)15(21)22-10-12(20)17-7-6-11-4-2-1-3-5-11/h4,8-9H,1-3,5-7,10H2,(H2,16,19)(H,17,20). The highest BCUT2D eigenvalue weighted by atomic mass is 16.5. The van der Waals surface area contributed by atoms with Crippen molar-refractivity contribution in [3.05, 3.63) is 29.7 Å². The summed E-state index contributed by atoms with van der Waals surface area (Å²) < 4.78 is 4.87. The van der Waals surface area contributed by atoms with Crippen LogP contribution in [0, 0.1) is 0 Å². The molecule has 0 aromatic carbocycles. The third-order valence-electron chi connectivity index (χ3n) is 3.41. The molecular formula is C15H20N4O3. The summed E-state index contributed by atoms with van der Waals surface area (Å²) in [5.74, 6) is -1.11. The minimum atomic E-state index is -0.754. The SMILES string of the molecule is Nc1nccnc1C(=O)OCC(=O)NCCC1=CCCCC1. The number of amides is 1. The molecule has 7 heteroatoms. The molecule has 0 unspecified atom stereocenters. The summed E-state index contributed by atoms with van der Waals surface area (Å²) in [7, 11) is 0. The van der Waals surface area contributed by atoms with Crippen LogP contribution in [0.2, 0.25) is 0 Å². The summed E-state index contributed by atoms with van der Waals surface area (Å²) in [5.41, 5.74) is 6.81. The van der Waals surface area contributed by atoms with Gasteiger partial charge < -0.3 is 15.8 Å². The fourth-order valence-electron chi connectivity index (χ4n) is 2.25. The Kier molecular flexibility index (Phi) is 5.88. The van der Waals surface area contributed by atoms with Crippen LogP contribution in [0.25, 0.3) is 0 Å². The monoisotopic (exact) mass is 304 g/mol. The first-order valence-corrected chi connectivity index (χ1v) is 7.35. The van der Waals surface area contributed by atoms with Gasteiger partial charge in [-0.15, -0.1) is 0 Å². The average molecular weight is 304 g/mol. The number of hydrogen-bond acceptors (Lipinski definition) is 6. The van der Waals surface area contributed by atoms with E-state index >= 15 is 0 Å². The van der Waals surface area contributed by atoms with Crippen LogP contribution in [-0.2, 0) is 9.53 Å². The molecule has 0 saturated carbocycles. The van der Waals surface area contributed by atoms with Crippen molar-refractivity contribution in [3.8, 4) is 0 Å². The second-order valence-electron chi connectivity index (χ2n) is 5.07. The summed E-state index contributed by atoms with van der Waals surface area (Å²) in [4.78, 5) is 30.8. The van der Waals surface area contributed by atoms with Crippen molar-refractivity contribution >= 4 is 17.7 Å². The molecule has 3 N–H and O–H groups in total. The van der Waals surface area contributed by atoms with E-state index in [-0.39, 0.29) is 24.0 Å². The van der Waals surface area contributed by atoms with Gasteiger partial charge in [0, 0.05) is 18.9 Å². The van der Waals surface area contributed by atoms with E-state index in [0.717, 1.165) is 19.3 Å².